The molecule has 0 fully saturated rings. The molecule has 7 heteroatoms. The third kappa shape index (κ3) is 8.45. The minimum Gasteiger partial charge on any atom is -0.748 e. The van der Waals surface area contributed by atoms with Crippen LogP contribution in [0.25, 0.3) is 0 Å². The van der Waals surface area contributed by atoms with E-state index in [1.54, 1.807) is 27.7 Å². The molecule has 0 unspecified atom stereocenters. The van der Waals surface area contributed by atoms with Gasteiger partial charge in [-0.15, -0.1) is 10.6 Å². The third-order valence-corrected chi connectivity index (χ3v) is 13.3. The number of benzene rings is 4. The van der Waals surface area contributed by atoms with E-state index in [0.717, 1.165) is 31.8 Å². The normalized spacial score (nSPS) is 10.6. The number of rotatable bonds is 10. The van der Waals surface area contributed by atoms with Crippen LogP contribution in [0.4, 0.5) is 0 Å². The molecule has 0 aliphatic heterocycles. The summed E-state index contributed by atoms with van der Waals surface area (Å²) in [6.07, 6.45) is 0. The molecule has 6 rings (SSSR count). The Morgan fingerprint density at radius 1 is 0.449 bits per heavy atom. The van der Waals surface area contributed by atoms with Crippen LogP contribution < -0.4 is 31.8 Å². The Hall–Kier alpha value is -4.36. The summed E-state index contributed by atoms with van der Waals surface area (Å²) in [7, 11) is -2.79. The van der Waals surface area contributed by atoms with Crippen molar-refractivity contribution in [2.24, 2.45) is 0 Å². The summed E-state index contributed by atoms with van der Waals surface area (Å²) in [5, 5.41) is 5.42. The molecule has 252 valence electrons. The fourth-order valence-corrected chi connectivity index (χ4v) is 11.8. The van der Waals surface area contributed by atoms with Crippen LogP contribution in [-0.4, -0.2) is 23.1 Å². The number of ketones is 4. The van der Waals surface area contributed by atoms with Crippen LogP contribution >= 0.6 is 15.8 Å². The molecule has 0 saturated heterocycles. The van der Waals surface area contributed by atoms with Gasteiger partial charge in [0.2, 0.25) is 0 Å². The quantitative estimate of drug-likeness (QED) is 0.0654. The number of carbonyl (C=O) groups excluding carboxylic acids is 4. The molecule has 0 N–H and O–H groups in total. The van der Waals surface area contributed by atoms with E-state index in [0.29, 0.717) is 22.3 Å². The fraction of sp³-hybridized carbons (Fsp3) is 0.0952. The largest absolute Gasteiger partial charge is 0.748 e. The number of carbonyl (C=O) groups is 4. The molecule has 4 nitrogen and oxygen atoms in total. The maximum atomic E-state index is 13.0. The van der Waals surface area contributed by atoms with Gasteiger partial charge in [0.15, 0.2) is 23.1 Å². The van der Waals surface area contributed by atoms with Crippen LogP contribution in [0.5, 0.6) is 0 Å². The van der Waals surface area contributed by atoms with E-state index < -0.39 is 15.8 Å². The average molecular weight is 723 g/mol. The molecule has 0 aromatic heterocycles. The zero-order chi connectivity index (χ0) is 34.2. The Labute approximate surface area is 301 Å². The van der Waals surface area contributed by atoms with Gasteiger partial charge in [0.25, 0.3) is 0 Å². The average Bonchev–Trinajstić information content (AvgIpc) is 3.83. The van der Waals surface area contributed by atoms with Crippen LogP contribution in [0, 0.1) is 0 Å². The minimum atomic E-state index is -1.39. The van der Waals surface area contributed by atoms with Crippen molar-refractivity contribution in [1.82, 2.24) is 0 Å². The standard InChI is InChI=1S/C37H31O4P2.C5H5.Fe/c1-24(38)28-14-5-9-18-32(28)42(33-19-10-6-15-29(33)25(2)39)36-22-13-23-37(36)43(34-20-11-7-16-30(34)26(3)40)35-21-12-8-17-31(35)27(4)41;1-2-4-5-3-1;/h5-23H,1-4H3;1-5H;/q-1;-5;. The molecule has 6 aromatic carbocycles. The van der Waals surface area contributed by atoms with Crippen LogP contribution in [0.3, 0.4) is 0 Å². The van der Waals surface area contributed by atoms with Gasteiger partial charge in [-0.05, 0) is 56.8 Å². The molecule has 0 amide bonds. The molecule has 0 heterocycles. The van der Waals surface area contributed by atoms with E-state index in [9.17, 15) is 19.2 Å². The molecule has 0 aliphatic carbocycles. The fourth-order valence-electron chi connectivity index (χ4n) is 5.74. The predicted molar refractivity (Wildman–Crippen MR) is 201 cm³/mol. The van der Waals surface area contributed by atoms with Gasteiger partial charge in [-0.2, -0.15) is 6.07 Å². The van der Waals surface area contributed by atoms with Crippen molar-refractivity contribution in [2.75, 3.05) is 0 Å². The predicted octanol–water partition coefficient (Wildman–Crippen LogP) is 7.14. The molecule has 0 spiro atoms. The first kappa shape index (κ1) is 37.5. The van der Waals surface area contributed by atoms with E-state index in [-0.39, 0.29) is 40.2 Å². The Bertz CT molecular complexity index is 1810. The second-order valence-electron chi connectivity index (χ2n) is 11.2. The molecule has 0 radical (unpaired) electrons. The maximum absolute atomic E-state index is 13.0. The summed E-state index contributed by atoms with van der Waals surface area (Å²) < 4.78 is 0. The van der Waals surface area contributed by atoms with Crippen molar-refractivity contribution in [3.63, 3.8) is 0 Å². The Morgan fingerprint density at radius 3 is 1.10 bits per heavy atom. The zero-order valence-corrected chi connectivity index (χ0v) is 30.6. The second-order valence-corrected chi connectivity index (χ2v) is 15.5. The summed E-state index contributed by atoms with van der Waals surface area (Å²) in [6.45, 7) is 6.25. The van der Waals surface area contributed by atoms with Crippen molar-refractivity contribution in [2.45, 2.75) is 27.7 Å². The van der Waals surface area contributed by atoms with Crippen LogP contribution in [0.1, 0.15) is 69.1 Å². The number of hydrogen-bond donors (Lipinski definition) is 0. The van der Waals surface area contributed by atoms with Crippen LogP contribution in [0.15, 0.2) is 146 Å². The maximum Gasteiger partial charge on any atom is 0.160 e. The van der Waals surface area contributed by atoms with Crippen LogP contribution in [0.2, 0.25) is 0 Å². The second kappa shape index (κ2) is 17.3. The van der Waals surface area contributed by atoms with Gasteiger partial charge >= 0.3 is 0 Å². The van der Waals surface area contributed by atoms with Gasteiger partial charge in [0, 0.05) is 39.3 Å². The van der Waals surface area contributed by atoms with E-state index in [1.165, 1.54) is 0 Å². The van der Waals surface area contributed by atoms with E-state index in [4.69, 9.17) is 0 Å². The van der Waals surface area contributed by atoms with E-state index in [2.05, 4.69) is 12.1 Å². The number of Topliss-reactive ketones (excluding diaryl/α,β-unsaturated/α-hetero) is 4. The Morgan fingerprint density at radius 2 is 0.755 bits per heavy atom. The molecule has 0 bridgehead atoms. The van der Waals surface area contributed by atoms with Crippen LogP contribution in [-0.2, 0) is 17.1 Å². The van der Waals surface area contributed by atoms with Crippen molar-refractivity contribution in [3.8, 4) is 0 Å². The molecular weight excluding hydrogens is 686 g/mol. The summed E-state index contributed by atoms with van der Waals surface area (Å²) in [4.78, 5) is 51.9. The number of hydrogen-bond acceptors (Lipinski definition) is 4. The summed E-state index contributed by atoms with van der Waals surface area (Å²) in [5.74, 6) is -0.212. The van der Waals surface area contributed by atoms with Crippen molar-refractivity contribution in [3.05, 3.63) is 168 Å². The molecule has 0 atom stereocenters. The Kier molecular flexibility index (Phi) is 13.3. The third-order valence-electron chi connectivity index (χ3n) is 7.90. The molecule has 0 saturated carbocycles. The summed E-state index contributed by atoms with van der Waals surface area (Å²) >= 11 is 0. The van der Waals surface area contributed by atoms with E-state index >= 15 is 0 Å². The summed E-state index contributed by atoms with van der Waals surface area (Å²) in [5.41, 5.74) is 2.43. The van der Waals surface area contributed by atoms with Gasteiger partial charge in [0.1, 0.15) is 0 Å². The first-order chi connectivity index (χ1) is 23.2. The first-order valence-corrected chi connectivity index (χ1v) is 18.3. The Balaban J connectivity index is 0.000000826. The molecule has 6 aromatic rings. The van der Waals surface area contributed by atoms with Gasteiger partial charge in [-0.1, -0.05) is 105 Å². The van der Waals surface area contributed by atoms with Crippen molar-refractivity contribution >= 4 is 70.8 Å². The first-order valence-electron chi connectivity index (χ1n) is 15.6. The van der Waals surface area contributed by atoms with Gasteiger partial charge in [-0.3, -0.25) is 19.2 Å². The summed E-state index contributed by atoms with van der Waals surface area (Å²) in [6, 6.07) is 46.5. The molecule has 0 aliphatic rings. The van der Waals surface area contributed by atoms with Crippen molar-refractivity contribution < 1.29 is 36.2 Å². The minimum absolute atomic E-state index is 0. The van der Waals surface area contributed by atoms with Crippen molar-refractivity contribution in [1.29, 1.82) is 0 Å². The SMILES string of the molecule is CC(=O)c1ccccc1P(c1ccccc1C(C)=O)c1ccc[c-]1P(c1ccccc1C(C)=O)c1ccccc1C(C)=O.[Fe].[cH-]1[cH-][cH-][cH-][cH-]1. The molecule has 49 heavy (non-hydrogen) atoms. The monoisotopic (exact) mass is 722 g/mol. The van der Waals surface area contributed by atoms with Gasteiger partial charge < -0.3 is 30.3 Å². The van der Waals surface area contributed by atoms with Gasteiger partial charge in [0.05, 0.1) is 0 Å². The topological polar surface area (TPSA) is 68.3 Å². The zero-order valence-electron chi connectivity index (χ0n) is 27.7. The molecular formula is C42H36FeO4P2-6. The van der Waals surface area contributed by atoms with Gasteiger partial charge in [-0.25, -0.2) is 12.1 Å². The smallest absolute Gasteiger partial charge is 0.160 e. The van der Waals surface area contributed by atoms with E-state index in [1.807, 2.05) is 133 Å².